The van der Waals surface area contributed by atoms with Crippen LogP contribution in [0.5, 0.6) is 5.75 Å². The van der Waals surface area contributed by atoms with E-state index in [0.29, 0.717) is 6.61 Å². The second kappa shape index (κ2) is 10.4. The van der Waals surface area contributed by atoms with Crippen LogP contribution in [0.1, 0.15) is 35.5 Å². The molecule has 1 N–H and O–H groups in total. The third kappa shape index (κ3) is 5.95. The third-order valence-electron chi connectivity index (χ3n) is 5.29. The highest BCUT2D eigenvalue weighted by atomic mass is 16.5. The first-order chi connectivity index (χ1) is 16.1. The number of rotatable bonds is 8. The standard InChI is InChI=1S/C27H26N4O2/c1-20(24-8-10-25(11-9-24)31-17-16-29-21(31)2)30-27(32)14-7-22-5-12-26(13-6-22)33-19-23-4-3-15-28-18-23/h3-18,20H,19H2,1-2H3,(H,30,32). The topological polar surface area (TPSA) is 69.0 Å². The molecule has 0 saturated carbocycles. The molecule has 6 nitrogen and oxygen atoms in total. The van der Waals surface area contributed by atoms with Crippen molar-refractivity contribution in [3.63, 3.8) is 0 Å². The molecule has 6 heteroatoms. The van der Waals surface area contributed by atoms with Gasteiger partial charge >= 0.3 is 0 Å². The Bertz CT molecular complexity index is 1210. The summed E-state index contributed by atoms with van der Waals surface area (Å²) >= 11 is 0. The van der Waals surface area contributed by atoms with Gasteiger partial charge in [-0.1, -0.05) is 30.3 Å². The molecule has 2 aromatic carbocycles. The highest BCUT2D eigenvalue weighted by molar-refractivity contribution is 5.92. The number of pyridine rings is 1. The number of nitrogens with zero attached hydrogens (tertiary/aromatic N) is 3. The van der Waals surface area contributed by atoms with Gasteiger partial charge in [0, 0.05) is 42.1 Å². The number of benzene rings is 2. The molecule has 4 rings (SSSR count). The van der Waals surface area contributed by atoms with Gasteiger partial charge in [0.15, 0.2) is 0 Å². The molecule has 4 aromatic rings. The molecule has 0 aliphatic heterocycles. The van der Waals surface area contributed by atoms with Crippen molar-refractivity contribution in [2.45, 2.75) is 26.5 Å². The van der Waals surface area contributed by atoms with Crippen LogP contribution in [0.3, 0.4) is 0 Å². The lowest BCUT2D eigenvalue weighted by atomic mass is 10.1. The molecule has 1 amide bonds. The molecule has 0 spiro atoms. The van der Waals surface area contributed by atoms with Gasteiger partial charge < -0.3 is 14.6 Å². The molecular weight excluding hydrogens is 412 g/mol. The van der Waals surface area contributed by atoms with Crippen molar-refractivity contribution in [2.75, 3.05) is 0 Å². The molecule has 2 heterocycles. The van der Waals surface area contributed by atoms with Crippen LogP contribution in [0.2, 0.25) is 0 Å². The summed E-state index contributed by atoms with van der Waals surface area (Å²) in [7, 11) is 0. The molecule has 0 aliphatic rings. The highest BCUT2D eigenvalue weighted by Crippen LogP contribution is 2.18. The monoisotopic (exact) mass is 438 g/mol. The summed E-state index contributed by atoms with van der Waals surface area (Å²) in [6, 6.07) is 19.5. The molecule has 0 radical (unpaired) electrons. The minimum atomic E-state index is -0.145. The van der Waals surface area contributed by atoms with Gasteiger partial charge in [-0.15, -0.1) is 0 Å². The minimum Gasteiger partial charge on any atom is -0.489 e. The van der Waals surface area contributed by atoms with E-state index < -0.39 is 0 Å². The lowest BCUT2D eigenvalue weighted by Gasteiger charge is -2.14. The van der Waals surface area contributed by atoms with E-state index in [2.05, 4.69) is 15.3 Å². The summed E-state index contributed by atoms with van der Waals surface area (Å²) in [5.41, 5.74) is 4.01. The highest BCUT2D eigenvalue weighted by Gasteiger charge is 2.08. The Kier molecular flexibility index (Phi) is 6.95. The van der Waals surface area contributed by atoms with E-state index in [0.717, 1.165) is 34.0 Å². The first-order valence-electron chi connectivity index (χ1n) is 10.8. The predicted octanol–water partition coefficient (Wildman–Crippen LogP) is 5.05. The van der Waals surface area contributed by atoms with Crippen LogP contribution in [-0.4, -0.2) is 20.4 Å². The van der Waals surface area contributed by atoms with E-state index in [1.54, 1.807) is 30.7 Å². The first-order valence-corrected chi connectivity index (χ1v) is 10.8. The van der Waals surface area contributed by atoms with Gasteiger partial charge in [0.25, 0.3) is 0 Å². The van der Waals surface area contributed by atoms with E-state index in [4.69, 9.17) is 4.74 Å². The maximum Gasteiger partial charge on any atom is 0.244 e. The van der Waals surface area contributed by atoms with Crippen molar-refractivity contribution < 1.29 is 9.53 Å². The zero-order chi connectivity index (χ0) is 23.0. The molecule has 1 atom stereocenters. The van der Waals surface area contributed by atoms with Crippen LogP contribution >= 0.6 is 0 Å². The summed E-state index contributed by atoms with van der Waals surface area (Å²) in [6.07, 6.45) is 10.6. The SMILES string of the molecule is Cc1nccn1-c1ccc(C(C)NC(=O)C=Cc2ccc(OCc3cccnc3)cc2)cc1. The Labute approximate surface area is 193 Å². The van der Waals surface area contributed by atoms with Gasteiger partial charge in [0.2, 0.25) is 5.91 Å². The van der Waals surface area contributed by atoms with Crippen LogP contribution in [0.25, 0.3) is 11.8 Å². The number of amides is 1. The number of hydrogen-bond acceptors (Lipinski definition) is 4. The number of nitrogens with one attached hydrogen (secondary N) is 1. The molecule has 166 valence electrons. The molecular formula is C27H26N4O2. The zero-order valence-electron chi connectivity index (χ0n) is 18.7. The van der Waals surface area contributed by atoms with Gasteiger partial charge in [-0.3, -0.25) is 9.78 Å². The number of carbonyl (C=O) groups is 1. The van der Waals surface area contributed by atoms with Crippen molar-refractivity contribution >= 4 is 12.0 Å². The predicted molar refractivity (Wildman–Crippen MR) is 129 cm³/mol. The fourth-order valence-electron chi connectivity index (χ4n) is 3.42. The van der Waals surface area contributed by atoms with Gasteiger partial charge in [0.05, 0.1) is 6.04 Å². The van der Waals surface area contributed by atoms with Crippen LogP contribution in [0.15, 0.2) is 91.5 Å². The third-order valence-corrected chi connectivity index (χ3v) is 5.29. The molecule has 0 aliphatic carbocycles. The van der Waals surface area contributed by atoms with Gasteiger partial charge in [0.1, 0.15) is 18.2 Å². The van der Waals surface area contributed by atoms with E-state index in [1.165, 1.54) is 0 Å². The zero-order valence-corrected chi connectivity index (χ0v) is 18.7. The average Bonchev–Trinajstić information content (AvgIpc) is 3.28. The lowest BCUT2D eigenvalue weighted by Crippen LogP contribution is -2.24. The summed E-state index contributed by atoms with van der Waals surface area (Å²) in [5.74, 6) is 1.56. The van der Waals surface area contributed by atoms with Crippen LogP contribution < -0.4 is 10.1 Å². The number of aryl methyl sites for hydroxylation is 1. The Balaban J connectivity index is 1.29. The van der Waals surface area contributed by atoms with Crippen LogP contribution in [0.4, 0.5) is 0 Å². The second-order valence-electron chi connectivity index (χ2n) is 7.72. The molecule has 33 heavy (non-hydrogen) atoms. The number of imidazole rings is 1. The molecule has 0 fully saturated rings. The number of aromatic nitrogens is 3. The Morgan fingerprint density at radius 3 is 2.55 bits per heavy atom. The van der Waals surface area contributed by atoms with Crippen molar-refractivity contribution in [3.8, 4) is 11.4 Å². The summed E-state index contributed by atoms with van der Waals surface area (Å²) < 4.78 is 7.78. The average molecular weight is 439 g/mol. The van der Waals surface area contributed by atoms with Crippen LogP contribution in [0, 0.1) is 6.92 Å². The van der Waals surface area contributed by atoms with Crippen molar-refractivity contribution in [1.29, 1.82) is 0 Å². The molecule has 0 bridgehead atoms. The van der Waals surface area contributed by atoms with E-state index in [-0.39, 0.29) is 11.9 Å². The minimum absolute atomic E-state index is 0.108. The van der Waals surface area contributed by atoms with Crippen molar-refractivity contribution in [3.05, 3.63) is 114 Å². The number of carbonyl (C=O) groups excluding carboxylic acids is 1. The number of ether oxygens (including phenoxy) is 1. The van der Waals surface area contributed by atoms with Crippen LogP contribution in [-0.2, 0) is 11.4 Å². The van der Waals surface area contributed by atoms with Gasteiger partial charge in [-0.05, 0) is 61.4 Å². The normalized spacial score (nSPS) is 11.9. The Morgan fingerprint density at radius 2 is 1.88 bits per heavy atom. The number of hydrogen-bond donors (Lipinski definition) is 1. The van der Waals surface area contributed by atoms with Crippen molar-refractivity contribution in [1.82, 2.24) is 19.9 Å². The van der Waals surface area contributed by atoms with E-state index in [1.807, 2.05) is 85.3 Å². The largest absolute Gasteiger partial charge is 0.489 e. The second-order valence-corrected chi connectivity index (χ2v) is 7.72. The summed E-state index contributed by atoms with van der Waals surface area (Å²) in [4.78, 5) is 20.7. The fraction of sp³-hybridized carbons (Fsp3) is 0.148. The maximum atomic E-state index is 12.4. The maximum absolute atomic E-state index is 12.4. The quantitative estimate of drug-likeness (QED) is 0.391. The van der Waals surface area contributed by atoms with E-state index in [9.17, 15) is 4.79 Å². The molecule has 0 saturated heterocycles. The molecule has 2 aromatic heterocycles. The smallest absolute Gasteiger partial charge is 0.244 e. The van der Waals surface area contributed by atoms with Gasteiger partial charge in [-0.2, -0.15) is 0 Å². The Hall–Kier alpha value is -4.19. The summed E-state index contributed by atoms with van der Waals surface area (Å²) in [6.45, 7) is 4.40. The first kappa shape index (κ1) is 22.0. The van der Waals surface area contributed by atoms with E-state index >= 15 is 0 Å². The summed E-state index contributed by atoms with van der Waals surface area (Å²) in [5, 5.41) is 3.01. The fourth-order valence-corrected chi connectivity index (χ4v) is 3.42. The Morgan fingerprint density at radius 1 is 1.09 bits per heavy atom. The molecule has 1 unspecified atom stereocenters. The van der Waals surface area contributed by atoms with Gasteiger partial charge in [-0.25, -0.2) is 4.98 Å². The lowest BCUT2D eigenvalue weighted by molar-refractivity contribution is -0.117. The van der Waals surface area contributed by atoms with Crippen molar-refractivity contribution in [2.24, 2.45) is 0 Å².